The lowest BCUT2D eigenvalue weighted by Gasteiger charge is -2.30. The van der Waals surface area contributed by atoms with Gasteiger partial charge in [0.15, 0.2) is 17.5 Å². The molecule has 1 fully saturated rings. The summed E-state index contributed by atoms with van der Waals surface area (Å²) in [6, 6.07) is 1.70. The van der Waals surface area contributed by atoms with Crippen LogP contribution < -0.4 is 5.32 Å². The average molecular weight is 344 g/mol. The van der Waals surface area contributed by atoms with Crippen molar-refractivity contribution < 1.29 is 27.5 Å². The van der Waals surface area contributed by atoms with Gasteiger partial charge in [0.2, 0.25) is 5.91 Å². The number of hydrogen-bond acceptors (Lipinski definition) is 4. The minimum Gasteiger partial charge on any atom is -0.466 e. The summed E-state index contributed by atoms with van der Waals surface area (Å²) >= 11 is 0. The highest BCUT2D eigenvalue weighted by Gasteiger charge is 2.28. The SMILES string of the molecule is CCOC(=O)[C@H]1CCCN(CC(=O)Nc2ccc(F)c(F)c2F)C1. The van der Waals surface area contributed by atoms with Crippen molar-refractivity contribution in [3.8, 4) is 0 Å². The van der Waals surface area contributed by atoms with Crippen molar-refractivity contribution in [1.29, 1.82) is 0 Å². The molecule has 1 N–H and O–H groups in total. The number of carbonyl (C=O) groups excluding carboxylic acids is 2. The lowest BCUT2D eigenvalue weighted by molar-refractivity contribution is -0.150. The Morgan fingerprint density at radius 2 is 2.04 bits per heavy atom. The Morgan fingerprint density at radius 1 is 1.29 bits per heavy atom. The van der Waals surface area contributed by atoms with Crippen molar-refractivity contribution in [2.75, 3.05) is 31.6 Å². The minimum absolute atomic E-state index is 0.0751. The zero-order chi connectivity index (χ0) is 17.7. The predicted octanol–water partition coefficient (Wildman–Crippen LogP) is 2.32. The van der Waals surface area contributed by atoms with Gasteiger partial charge in [0.25, 0.3) is 0 Å². The molecule has 0 saturated carbocycles. The van der Waals surface area contributed by atoms with E-state index in [1.165, 1.54) is 0 Å². The first kappa shape index (κ1) is 18.3. The van der Waals surface area contributed by atoms with Gasteiger partial charge in [0, 0.05) is 6.54 Å². The van der Waals surface area contributed by atoms with Crippen LogP contribution in [0.2, 0.25) is 0 Å². The molecule has 132 valence electrons. The molecule has 0 spiro atoms. The van der Waals surface area contributed by atoms with E-state index in [9.17, 15) is 22.8 Å². The number of rotatable bonds is 5. The molecule has 1 saturated heterocycles. The number of carbonyl (C=O) groups is 2. The smallest absolute Gasteiger partial charge is 0.310 e. The van der Waals surface area contributed by atoms with Crippen LogP contribution in [0.1, 0.15) is 19.8 Å². The first-order valence-electron chi connectivity index (χ1n) is 7.74. The fraction of sp³-hybridized carbons (Fsp3) is 0.500. The highest BCUT2D eigenvalue weighted by Crippen LogP contribution is 2.20. The van der Waals surface area contributed by atoms with Gasteiger partial charge in [-0.1, -0.05) is 0 Å². The molecule has 24 heavy (non-hydrogen) atoms. The number of esters is 1. The standard InChI is InChI=1S/C16H19F3N2O3/c1-2-24-16(23)10-4-3-7-21(8-10)9-13(22)20-12-6-5-11(17)14(18)15(12)19/h5-6,10H,2-4,7-9H2,1H3,(H,20,22)/t10-/m0/s1. The molecule has 1 amide bonds. The molecule has 0 radical (unpaired) electrons. The van der Waals surface area contributed by atoms with Crippen molar-refractivity contribution in [3.63, 3.8) is 0 Å². The number of ether oxygens (including phenoxy) is 1. The number of nitrogens with zero attached hydrogens (tertiary/aromatic N) is 1. The predicted molar refractivity (Wildman–Crippen MR) is 80.7 cm³/mol. The highest BCUT2D eigenvalue weighted by atomic mass is 19.2. The van der Waals surface area contributed by atoms with Gasteiger partial charge in [-0.2, -0.15) is 0 Å². The molecular weight excluding hydrogens is 325 g/mol. The van der Waals surface area contributed by atoms with Crippen LogP contribution in [0.25, 0.3) is 0 Å². The number of anilines is 1. The fourth-order valence-electron chi connectivity index (χ4n) is 2.67. The Balaban J connectivity index is 1.92. The lowest BCUT2D eigenvalue weighted by Crippen LogP contribution is -2.43. The van der Waals surface area contributed by atoms with Gasteiger partial charge in [-0.3, -0.25) is 14.5 Å². The summed E-state index contributed by atoms with van der Waals surface area (Å²) in [5.41, 5.74) is -0.419. The molecule has 2 rings (SSSR count). The highest BCUT2D eigenvalue weighted by molar-refractivity contribution is 5.92. The second kappa shape index (κ2) is 8.14. The second-order valence-electron chi connectivity index (χ2n) is 5.60. The van der Waals surface area contributed by atoms with Gasteiger partial charge in [0.05, 0.1) is 24.8 Å². The molecule has 1 aromatic carbocycles. The molecule has 0 bridgehead atoms. The van der Waals surface area contributed by atoms with Gasteiger partial charge in [-0.05, 0) is 38.4 Å². The van der Waals surface area contributed by atoms with Gasteiger partial charge in [-0.25, -0.2) is 13.2 Å². The molecule has 0 aliphatic carbocycles. The van der Waals surface area contributed by atoms with E-state index in [0.29, 0.717) is 26.1 Å². The Hall–Kier alpha value is -2.09. The normalized spacial score (nSPS) is 18.2. The van der Waals surface area contributed by atoms with E-state index in [1.807, 2.05) is 0 Å². The van der Waals surface area contributed by atoms with E-state index in [2.05, 4.69) is 5.32 Å². The van der Waals surface area contributed by atoms with E-state index in [4.69, 9.17) is 4.74 Å². The first-order chi connectivity index (χ1) is 11.4. The maximum atomic E-state index is 13.5. The van der Waals surface area contributed by atoms with Crippen LogP contribution >= 0.6 is 0 Å². The molecule has 0 unspecified atom stereocenters. The quantitative estimate of drug-likeness (QED) is 0.658. The van der Waals surface area contributed by atoms with Crippen LogP contribution in [0, 0.1) is 23.4 Å². The van der Waals surface area contributed by atoms with E-state index < -0.39 is 29.0 Å². The molecule has 1 atom stereocenters. The Morgan fingerprint density at radius 3 is 2.75 bits per heavy atom. The van der Waals surface area contributed by atoms with Crippen LogP contribution in [-0.2, 0) is 14.3 Å². The zero-order valence-electron chi connectivity index (χ0n) is 13.3. The van der Waals surface area contributed by atoms with Crippen molar-refractivity contribution in [2.24, 2.45) is 5.92 Å². The van der Waals surface area contributed by atoms with Crippen molar-refractivity contribution in [3.05, 3.63) is 29.6 Å². The van der Waals surface area contributed by atoms with Gasteiger partial charge >= 0.3 is 5.97 Å². The summed E-state index contributed by atoms with van der Waals surface area (Å²) in [5.74, 6) is -5.55. The Kier molecular flexibility index (Phi) is 6.19. The molecule has 1 aliphatic rings. The topological polar surface area (TPSA) is 58.6 Å². The van der Waals surface area contributed by atoms with E-state index in [1.54, 1.807) is 11.8 Å². The molecule has 1 heterocycles. The summed E-state index contributed by atoms with van der Waals surface area (Å²) in [4.78, 5) is 25.5. The van der Waals surface area contributed by atoms with Crippen LogP contribution in [0.15, 0.2) is 12.1 Å². The maximum absolute atomic E-state index is 13.5. The largest absolute Gasteiger partial charge is 0.466 e. The number of halogens is 3. The molecule has 1 aliphatic heterocycles. The minimum atomic E-state index is -1.63. The summed E-state index contributed by atoms with van der Waals surface area (Å²) in [7, 11) is 0. The van der Waals surface area contributed by atoms with Gasteiger partial charge in [0.1, 0.15) is 0 Å². The second-order valence-corrected chi connectivity index (χ2v) is 5.60. The molecule has 1 aromatic rings. The number of likely N-dealkylation sites (tertiary alicyclic amines) is 1. The monoisotopic (exact) mass is 344 g/mol. The molecule has 8 heteroatoms. The number of hydrogen-bond donors (Lipinski definition) is 1. The third-order valence-electron chi connectivity index (χ3n) is 3.80. The van der Waals surface area contributed by atoms with Crippen molar-refractivity contribution in [1.82, 2.24) is 4.90 Å². The third kappa shape index (κ3) is 4.47. The van der Waals surface area contributed by atoms with E-state index in [0.717, 1.165) is 18.6 Å². The van der Waals surface area contributed by atoms with Crippen molar-refractivity contribution >= 4 is 17.6 Å². The Bertz CT molecular complexity index is 625. The van der Waals surface area contributed by atoms with Gasteiger partial charge in [-0.15, -0.1) is 0 Å². The average Bonchev–Trinajstić information content (AvgIpc) is 2.56. The van der Waals surface area contributed by atoms with Crippen LogP contribution in [-0.4, -0.2) is 43.0 Å². The van der Waals surface area contributed by atoms with Crippen LogP contribution in [0.4, 0.5) is 18.9 Å². The number of nitrogens with one attached hydrogen (secondary N) is 1. The van der Waals surface area contributed by atoms with E-state index in [-0.39, 0.29) is 18.4 Å². The summed E-state index contributed by atoms with van der Waals surface area (Å²) < 4.78 is 44.5. The van der Waals surface area contributed by atoms with Crippen LogP contribution in [0.3, 0.4) is 0 Å². The molecule has 5 nitrogen and oxygen atoms in total. The summed E-state index contributed by atoms with van der Waals surface area (Å²) in [6.45, 7) is 2.93. The number of amides is 1. The number of piperidine rings is 1. The summed E-state index contributed by atoms with van der Waals surface area (Å²) in [6.07, 6.45) is 1.42. The summed E-state index contributed by atoms with van der Waals surface area (Å²) in [5, 5.41) is 2.22. The number of benzene rings is 1. The fourth-order valence-corrected chi connectivity index (χ4v) is 2.67. The lowest BCUT2D eigenvalue weighted by atomic mass is 9.98. The molecule has 0 aromatic heterocycles. The molecular formula is C16H19F3N2O3. The van der Waals surface area contributed by atoms with E-state index >= 15 is 0 Å². The van der Waals surface area contributed by atoms with Gasteiger partial charge < -0.3 is 10.1 Å². The Labute approximate surface area is 137 Å². The third-order valence-corrected chi connectivity index (χ3v) is 3.80. The van der Waals surface area contributed by atoms with Crippen molar-refractivity contribution in [2.45, 2.75) is 19.8 Å². The zero-order valence-corrected chi connectivity index (χ0v) is 13.3. The first-order valence-corrected chi connectivity index (χ1v) is 7.74. The maximum Gasteiger partial charge on any atom is 0.310 e. The van der Waals surface area contributed by atoms with Crippen LogP contribution in [0.5, 0.6) is 0 Å².